The number of hydrogen-bond acceptors (Lipinski definition) is 4. The van der Waals surface area contributed by atoms with E-state index >= 15 is 0 Å². The van der Waals surface area contributed by atoms with Gasteiger partial charge in [0, 0.05) is 11.6 Å². The van der Waals surface area contributed by atoms with Crippen LogP contribution in [0.1, 0.15) is 5.56 Å². The number of benzene rings is 1. The molecule has 4 heteroatoms. The molecule has 0 atom stereocenters. The van der Waals surface area contributed by atoms with Gasteiger partial charge in [-0.3, -0.25) is 0 Å². The highest BCUT2D eigenvalue weighted by atomic mass is 16.3. The topological polar surface area (TPSA) is 64.9 Å². The number of hydrogen-bond donors (Lipinski definition) is 1. The van der Waals surface area contributed by atoms with Crippen LogP contribution in [0.2, 0.25) is 0 Å². The van der Waals surface area contributed by atoms with E-state index < -0.39 is 0 Å². The smallest absolute Gasteiger partial charge is 0.197 e. The Kier molecular flexibility index (Phi) is 2.08. The average Bonchev–Trinajstić information content (AvgIpc) is 2.74. The van der Waals surface area contributed by atoms with Gasteiger partial charge < -0.3 is 10.2 Å². The van der Waals surface area contributed by atoms with Crippen molar-refractivity contribution in [2.75, 3.05) is 5.73 Å². The number of furan rings is 1. The molecule has 0 amide bonds. The molecule has 2 aromatic heterocycles. The Hall–Kier alpha value is -2.36. The van der Waals surface area contributed by atoms with Crippen molar-refractivity contribution in [1.82, 2.24) is 9.97 Å². The summed E-state index contributed by atoms with van der Waals surface area (Å²) in [6, 6.07) is 9.59. The molecule has 0 aliphatic carbocycles. The van der Waals surface area contributed by atoms with Gasteiger partial charge >= 0.3 is 0 Å². The van der Waals surface area contributed by atoms with Crippen LogP contribution >= 0.6 is 0 Å². The largest absolute Gasteiger partial charge is 0.452 e. The Morgan fingerprint density at radius 2 is 2.12 bits per heavy atom. The van der Waals surface area contributed by atoms with Gasteiger partial charge in [-0.1, -0.05) is 18.2 Å². The Bertz CT molecular complexity index is 688. The zero-order chi connectivity index (χ0) is 11.8. The van der Waals surface area contributed by atoms with Gasteiger partial charge in [0.05, 0.1) is 0 Å². The molecule has 1 aromatic carbocycles. The third-order valence-corrected chi connectivity index (χ3v) is 2.64. The number of nitrogens with zero attached hydrogens (tertiary/aromatic N) is 2. The Labute approximate surface area is 98.1 Å². The number of para-hydroxylation sites is 1. The van der Waals surface area contributed by atoms with Gasteiger partial charge in [0.2, 0.25) is 0 Å². The average molecular weight is 225 g/mol. The van der Waals surface area contributed by atoms with Crippen LogP contribution in [0.25, 0.3) is 22.6 Å². The van der Waals surface area contributed by atoms with Crippen molar-refractivity contribution < 1.29 is 4.42 Å². The van der Waals surface area contributed by atoms with Gasteiger partial charge in [-0.25, -0.2) is 9.97 Å². The molecule has 0 fully saturated rings. The van der Waals surface area contributed by atoms with E-state index in [1.165, 1.54) is 0 Å². The summed E-state index contributed by atoms with van der Waals surface area (Å²) in [5.41, 5.74) is 7.59. The summed E-state index contributed by atoms with van der Waals surface area (Å²) in [4.78, 5) is 8.29. The fourth-order valence-electron chi connectivity index (χ4n) is 1.81. The summed E-state index contributed by atoms with van der Waals surface area (Å²) >= 11 is 0. The molecule has 0 saturated carbocycles. The molecular formula is C13H11N3O. The minimum Gasteiger partial charge on any atom is -0.452 e. The fraction of sp³-hybridized carbons (Fsp3) is 0.0769. The Morgan fingerprint density at radius 1 is 1.24 bits per heavy atom. The molecule has 0 spiro atoms. The maximum Gasteiger partial charge on any atom is 0.197 e. The van der Waals surface area contributed by atoms with Crippen LogP contribution in [0.15, 0.2) is 40.9 Å². The number of aromatic nitrogens is 2. The molecule has 2 heterocycles. The van der Waals surface area contributed by atoms with Crippen LogP contribution in [-0.2, 0) is 0 Å². The van der Waals surface area contributed by atoms with Crippen LogP contribution < -0.4 is 5.73 Å². The Morgan fingerprint density at radius 3 is 2.88 bits per heavy atom. The molecule has 0 unspecified atom stereocenters. The molecule has 3 rings (SSSR count). The first-order chi connectivity index (χ1) is 8.24. The summed E-state index contributed by atoms with van der Waals surface area (Å²) in [7, 11) is 0. The van der Waals surface area contributed by atoms with E-state index in [4.69, 9.17) is 10.2 Å². The van der Waals surface area contributed by atoms with E-state index in [-0.39, 0.29) is 0 Å². The number of anilines is 1. The summed E-state index contributed by atoms with van der Waals surface area (Å²) in [6.07, 6.45) is 1.62. The van der Waals surface area contributed by atoms with Crippen LogP contribution in [-0.4, -0.2) is 9.97 Å². The fourth-order valence-corrected chi connectivity index (χ4v) is 1.81. The molecule has 2 N–H and O–H groups in total. The van der Waals surface area contributed by atoms with E-state index in [1.807, 2.05) is 31.2 Å². The van der Waals surface area contributed by atoms with Gasteiger partial charge in [0.1, 0.15) is 11.4 Å². The van der Waals surface area contributed by atoms with Crippen molar-refractivity contribution in [3.8, 4) is 11.6 Å². The third kappa shape index (κ3) is 1.63. The summed E-state index contributed by atoms with van der Waals surface area (Å²) in [5, 5.41) is 1.05. The van der Waals surface area contributed by atoms with Crippen molar-refractivity contribution in [3.63, 3.8) is 0 Å². The minimum atomic E-state index is 0.437. The summed E-state index contributed by atoms with van der Waals surface area (Å²) < 4.78 is 5.76. The molecule has 17 heavy (non-hydrogen) atoms. The van der Waals surface area contributed by atoms with Crippen LogP contribution in [0, 0.1) is 6.92 Å². The highest BCUT2D eigenvalue weighted by Gasteiger charge is 2.09. The first-order valence-electron chi connectivity index (χ1n) is 5.32. The van der Waals surface area contributed by atoms with Gasteiger partial charge in [-0.05, 0) is 24.6 Å². The maximum absolute atomic E-state index is 5.76. The first kappa shape index (κ1) is 9.84. The predicted molar refractivity (Wildman–Crippen MR) is 66.4 cm³/mol. The number of nitrogens with two attached hydrogens (primary N) is 1. The van der Waals surface area contributed by atoms with Crippen molar-refractivity contribution in [2.45, 2.75) is 6.92 Å². The molecule has 3 aromatic rings. The zero-order valence-electron chi connectivity index (χ0n) is 9.34. The van der Waals surface area contributed by atoms with E-state index in [0.29, 0.717) is 17.4 Å². The van der Waals surface area contributed by atoms with Crippen molar-refractivity contribution >= 4 is 16.8 Å². The molecule has 84 valence electrons. The Balaban J connectivity index is 2.22. The molecule has 4 nitrogen and oxygen atoms in total. The molecule has 0 aliphatic heterocycles. The lowest BCUT2D eigenvalue weighted by Crippen LogP contribution is -1.93. The van der Waals surface area contributed by atoms with Crippen molar-refractivity contribution in [1.29, 1.82) is 0 Å². The van der Waals surface area contributed by atoms with Gasteiger partial charge in [0.15, 0.2) is 11.6 Å². The van der Waals surface area contributed by atoms with Crippen molar-refractivity contribution in [3.05, 3.63) is 42.1 Å². The van der Waals surface area contributed by atoms with E-state index in [1.54, 1.807) is 12.3 Å². The lowest BCUT2D eigenvalue weighted by atomic mass is 10.2. The first-order valence-corrected chi connectivity index (χ1v) is 5.32. The van der Waals surface area contributed by atoms with E-state index in [9.17, 15) is 0 Å². The molecule has 0 saturated heterocycles. The highest BCUT2D eigenvalue weighted by molar-refractivity contribution is 5.84. The second kappa shape index (κ2) is 3.59. The second-order valence-electron chi connectivity index (χ2n) is 3.91. The van der Waals surface area contributed by atoms with Crippen LogP contribution in [0.5, 0.6) is 0 Å². The minimum absolute atomic E-state index is 0.437. The van der Waals surface area contributed by atoms with Gasteiger partial charge in [0.25, 0.3) is 0 Å². The number of nitrogen functional groups attached to an aromatic ring is 1. The number of rotatable bonds is 1. The van der Waals surface area contributed by atoms with E-state index in [2.05, 4.69) is 9.97 Å². The van der Waals surface area contributed by atoms with Crippen LogP contribution in [0.4, 0.5) is 5.82 Å². The van der Waals surface area contributed by atoms with Gasteiger partial charge in [-0.15, -0.1) is 0 Å². The predicted octanol–water partition coefficient (Wildman–Crippen LogP) is 2.78. The van der Waals surface area contributed by atoms with E-state index in [0.717, 1.165) is 16.5 Å². The lowest BCUT2D eigenvalue weighted by Gasteiger charge is -1.95. The van der Waals surface area contributed by atoms with Crippen LogP contribution in [0.3, 0.4) is 0 Å². The third-order valence-electron chi connectivity index (χ3n) is 2.64. The van der Waals surface area contributed by atoms with Crippen molar-refractivity contribution in [2.24, 2.45) is 0 Å². The number of fused-ring (bicyclic) bond motifs is 1. The molecule has 0 aliphatic rings. The highest BCUT2D eigenvalue weighted by Crippen LogP contribution is 2.27. The molecule has 0 bridgehead atoms. The second-order valence-corrected chi connectivity index (χ2v) is 3.91. The quantitative estimate of drug-likeness (QED) is 0.691. The number of aryl methyl sites for hydroxylation is 1. The summed E-state index contributed by atoms with van der Waals surface area (Å²) in [5.74, 6) is 1.59. The monoisotopic (exact) mass is 225 g/mol. The molecular weight excluding hydrogens is 214 g/mol. The SMILES string of the molecule is Cc1cccc2cc(-c3nccc(N)n3)oc12. The normalized spacial score (nSPS) is 10.9. The maximum atomic E-state index is 5.76. The molecule has 0 radical (unpaired) electrons. The zero-order valence-corrected chi connectivity index (χ0v) is 9.34. The standard InChI is InChI=1S/C13H11N3O/c1-8-3-2-4-9-7-10(17-12(8)9)13-15-6-5-11(14)16-13/h2-7H,1H3,(H2,14,15,16). The van der Waals surface area contributed by atoms with Gasteiger partial charge in [-0.2, -0.15) is 0 Å². The summed E-state index contributed by atoms with van der Waals surface area (Å²) in [6.45, 7) is 2.01. The lowest BCUT2D eigenvalue weighted by molar-refractivity contribution is 0.623.